The number of halogens is 1. The van der Waals surface area contributed by atoms with E-state index in [0.717, 1.165) is 11.1 Å². The Kier molecular flexibility index (Phi) is 6.00. The molecule has 4 rings (SSSR count). The van der Waals surface area contributed by atoms with Gasteiger partial charge in [-0.1, -0.05) is 41.9 Å². The van der Waals surface area contributed by atoms with Crippen LogP contribution in [0.25, 0.3) is 5.65 Å². The molecule has 2 aromatic carbocycles. The van der Waals surface area contributed by atoms with Crippen molar-refractivity contribution < 1.29 is 14.3 Å². The van der Waals surface area contributed by atoms with Crippen LogP contribution in [0.3, 0.4) is 0 Å². The first-order chi connectivity index (χ1) is 15.0. The minimum Gasteiger partial charge on any atom is -0.488 e. The van der Waals surface area contributed by atoms with Crippen molar-refractivity contribution in [3.05, 3.63) is 111 Å². The van der Waals surface area contributed by atoms with Crippen LogP contribution in [0.2, 0.25) is 5.02 Å². The smallest absolute Gasteiger partial charge is 0.342 e. The zero-order valence-electron chi connectivity index (χ0n) is 16.7. The van der Waals surface area contributed by atoms with Crippen LogP contribution in [0.1, 0.15) is 27.2 Å². The SMILES string of the molecule is Cc1ccc2nc(COC(=O)c3ccccc3OCc3ccc(Cl)cc3)cc(=O)n2c1. The van der Waals surface area contributed by atoms with E-state index in [2.05, 4.69) is 4.98 Å². The number of aromatic nitrogens is 2. The van der Waals surface area contributed by atoms with Crippen LogP contribution in [-0.4, -0.2) is 15.4 Å². The summed E-state index contributed by atoms with van der Waals surface area (Å²) in [6, 6.07) is 19.1. The van der Waals surface area contributed by atoms with Gasteiger partial charge in [-0.25, -0.2) is 9.78 Å². The molecule has 0 amide bonds. The number of rotatable bonds is 6. The van der Waals surface area contributed by atoms with E-state index < -0.39 is 5.97 Å². The Labute approximate surface area is 183 Å². The predicted octanol–water partition coefficient (Wildman–Crippen LogP) is 4.59. The molecule has 0 radical (unpaired) electrons. The largest absolute Gasteiger partial charge is 0.488 e. The van der Waals surface area contributed by atoms with E-state index >= 15 is 0 Å². The molecule has 0 bridgehead atoms. The monoisotopic (exact) mass is 434 g/mol. The van der Waals surface area contributed by atoms with Gasteiger partial charge in [0.1, 0.15) is 30.2 Å². The third-order valence-corrected chi connectivity index (χ3v) is 4.88. The third-order valence-electron chi connectivity index (χ3n) is 4.63. The molecule has 4 aromatic rings. The number of para-hydroxylation sites is 1. The van der Waals surface area contributed by atoms with E-state index in [0.29, 0.717) is 27.7 Å². The number of carbonyl (C=O) groups is 1. The van der Waals surface area contributed by atoms with Gasteiger partial charge in [-0.15, -0.1) is 0 Å². The Morgan fingerprint density at radius 2 is 1.81 bits per heavy atom. The second kappa shape index (κ2) is 9.02. The lowest BCUT2D eigenvalue weighted by molar-refractivity contribution is 0.0462. The van der Waals surface area contributed by atoms with E-state index in [1.807, 2.05) is 25.1 Å². The zero-order valence-corrected chi connectivity index (χ0v) is 17.5. The number of fused-ring (bicyclic) bond motifs is 1. The number of aryl methyl sites for hydroxylation is 1. The van der Waals surface area contributed by atoms with E-state index in [1.165, 1.54) is 10.5 Å². The molecule has 6 nitrogen and oxygen atoms in total. The highest BCUT2D eigenvalue weighted by Gasteiger charge is 2.15. The van der Waals surface area contributed by atoms with Crippen molar-refractivity contribution in [2.24, 2.45) is 0 Å². The summed E-state index contributed by atoms with van der Waals surface area (Å²) in [5.74, 6) is -0.151. The summed E-state index contributed by atoms with van der Waals surface area (Å²) in [4.78, 5) is 29.4. The number of nitrogens with zero attached hydrogens (tertiary/aromatic N) is 2. The number of ether oxygens (including phenoxy) is 2. The van der Waals surface area contributed by atoms with Gasteiger partial charge in [0, 0.05) is 17.3 Å². The second-order valence-electron chi connectivity index (χ2n) is 7.01. The van der Waals surface area contributed by atoms with Crippen LogP contribution < -0.4 is 10.3 Å². The molecule has 7 heteroatoms. The summed E-state index contributed by atoms with van der Waals surface area (Å²) < 4.78 is 12.7. The number of hydrogen-bond donors (Lipinski definition) is 0. The topological polar surface area (TPSA) is 69.9 Å². The van der Waals surface area contributed by atoms with Crippen LogP contribution in [0.5, 0.6) is 5.75 Å². The lowest BCUT2D eigenvalue weighted by Gasteiger charge is -2.11. The molecule has 0 spiro atoms. The molecule has 0 aliphatic heterocycles. The molecule has 31 heavy (non-hydrogen) atoms. The maximum atomic E-state index is 12.7. The highest BCUT2D eigenvalue weighted by molar-refractivity contribution is 6.30. The van der Waals surface area contributed by atoms with Crippen LogP contribution in [0.15, 0.2) is 77.7 Å². The fourth-order valence-electron chi connectivity index (χ4n) is 3.05. The molecular formula is C24H19ClN2O4. The Balaban J connectivity index is 1.46. The molecule has 0 saturated heterocycles. The maximum absolute atomic E-state index is 12.7. The first-order valence-electron chi connectivity index (χ1n) is 9.62. The Hall–Kier alpha value is -3.64. The van der Waals surface area contributed by atoms with Gasteiger partial charge >= 0.3 is 5.97 Å². The molecule has 0 unspecified atom stereocenters. The molecule has 0 atom stereocenters. The van der Waals surface area contributed by atoms with Crippen LogP contribution >= 0.6 is 11.6 Å². The Morgan fingerprint density at radius 3 is 2.61 bits per heavy atom. The van der Waals surface area contributed by atoms with Gasteiger partial charge in [-0.3, -0.25) is 9.20 Å². The fourth-order valence-corrected chi connectivity index (χ4v) is 3.18. The van der Waals surface area contributed by atoms with Gasteiger partial charge in [-0.05, 0) is 48.4 Å². The first-order valence-corrected chi connectivity index (χ1v) is 10.00. The van der Waals surface area contributed by atoms with E-state index in [4.69, 9.17) is 21.1 Å². The molecule has 0 N–H and O–H groups in total. The van der Waals surface area contributed by atoms with Crippen molar-refractivity contribution in [1.82, 2.24) is 9.38 Å². The molecule has 0 aliphatic rings. The summed E-state index contributed by atoms with van der Waals surface area (Å²) in [6.45, 7) is 2.06. The van der Waals surface area contributed by atoms with Crippen molar-refractivity contribution in [3.8, 4) is 5.75 Å². The van der Waals surface area contributed by atoms with Crippen LogP contribution in [0, 0.1) is 6.92 Å². The van der Waals surface area contributed by atoms with E-state index in [9.17, 15) is 9.59 Å². The average Bonchev–Trinajstić information content (AvgIpc) is 2.78. The van der Waals surface area contributed by atoms with Gasteiger partial charge in [-0.2, -0.15) is 0 Å². The summed E-state index contributed by atoms with van der Waals surface area (Å²) >= 11 is 5.90. The molecule has 0 aliphatic carbocycles. The summed E-state index contributed by atoms with van der Waals surface area (Å²) in [6.07, 6.45) is 1.72. The Morgan fingerprint density at radius 1 is 1.03 bits per heavy atom. The highest BCUT2D eigenvalue weighted by Crippen LogP contribution is 2.21. The molecule has 156 valence electrons. The Bertz CT molecular complexity index is 1300. The quantitative estimate of drug-likeness (QED) is 0.415. The number of hydrogen-bond acceptors (Lipinski definition) is 5. The normalized spacial score (nSPS) is 10.8. The molecule has 2 heterocycles. The van der Waals surface area contributed by atoms with Crippen molar-refractivity contribution >= 4 is 23.2 Å². The van der Waals surface area contributed by atoms with Gasteiger partial charge in [0.05, 0.1) is 5.69 Å². The number of benzene rings is 2. The maximum Gasteiger partial charge on any atom is 0.342 e. The second-order valence-corrected chi connectivity index (χ2v) is 7.44. The molecule has 2 aromatic heterocycles. The third kappa shape index (κ3) is 4.92. The minimum atomic E-state index is -0.558. The number of carbonyl (C=O) groups excluding carboxylic acids is 1. The highest BCUT2D eigenvalue weighted by atomic mass is 35.5. The van der Waals surface area contributed by atoms with Gasteiger partial charge < -0.3 is 9.47 Å². The van der Waals surface area contributed by atoms with Crippen molar-refractivity contribution in [2.45, 2.75) is 20.1 Å². The van der Waals surface area contributed by atoms with E-state index in [1.54, 1.807) is 48.7 Å². The number of esters is 1. The standard InChI is InChI=1S/C24H19ClN2O4/c1-16-6-11-22-26-19(12-23(28)27(22)13-16)15-31-24(29)20-4-2-3-5-21(20)30-14-17-7-9-18(25)10-8-17/h2-13H,14-15H2,1H3. The summed E-state index contributed by atoms with van der Waals surface area (Å²) in [5.41, 5.74) is 2.81. The van der Waals surface area contributed by atoms with Crippen molar-refractivity contribution in [2.75, 3.05) is 0 Å². The van der Waals surface area contributed by atoms with Crippen LogP contribution in [0.4, 0.5) is 0 Å². The zero-order chi connectivity index (χ0) is 21.8. The van der Waals surface area contributed by atoms with Gasteiger partial charge in [0.15, 0.2) is 0 Å². The van der Waals surface area contributed by atoms with E-state index in [-0.39, 0.29) is 18.8 Å². The van der Waals surface area contributed by atoms with Crippen molar-refractivity contribution in [1.29, 1.82) is 0 Å². The van der Waals surface area contributed by atoms with Gasteiger partial charge in [0.2, 0.25) is 0 Å². The predicted molar refractivity (Wildman–Crippen MR) is 118 cm³/mol. The van der Waals surface area contributed by atoms with Crippen molar-refractivity contribution in [3.63, 3.8) is 0 Å². The first kappa shape index (κ1) is 20.6. The summed E-state index contributed by atoms with van der Waals surface area (Å²) in [5, 5.41) is 0.643. The van der Waals surface area contributed by atoms with Gasteiger partial charge in [0.25, 0.3) is 5.56 Å². The summed E-state index contributed by atoms with van der Waals surface area (Å²) in [7, 11) is 0. The minimum absolute atomic E-state index is 0.121. The average molecular weight is 435 g/mol. The molecule has 0 saturated carbocycles. The molecular weight excluding hydrogens is 416 g/mol. The number of pyridine rings is 1. The lowest BCUT2D eigenvalue weighted by Crippen LogP contribution is -2.17. The van der Waals surface area contributed by atoms with Crippen LogP contribution in [-0.2, 0) is 18.0 Å². The molecule has 0 fully saturated rings. The lowest BCUT2D eigenvalue weighted by atomic mass is 10.2. The fraction of sp³-hybridized carbons (Fsp3) is 0.125.